The van der Waals surface area contributed by atoms with Gasteiger partial charge in [0.25, 0.3) is 5.91 Å². The smallest absolute Gasteiger partial charge is 0.348 e. The number of rotatable bonds is 4. The first-order chi connectivity index (χ1) is 12.5. The Morgan fingerprint density at radius 1 is 1.30 bits per heavy atom. The van der Waals surface area contributed by atoms with Crippen LogP contribution in [-0.2, 0) is 32.2 Å². The topological polar surface area (TPSA) is 89.5 Å². The van der Waals surface area contributed by atoms with Crippen LogP contribution in [0, 0.1) is 11.3 Å². The third-order valence-corrected chi connectivity index (χ3v) is 8.43. The molecule has 0 bridgehead atoms. The van der Waals surface area contributed by atoms with Crippen LogP contribution < -0.4 is 5.32 Å². The second-order valence-corrected chi connectivity index (χ2v) is 12.0. The van der Waals surface area contributed by atoms with Crippen molar-refractivity contribution in [1.29, 1.82) is 0 Å². The van der Waals surface area contributed by atoms with Crippen LogP contribution >= 0.6 is 11.3 Å². The summed E-state index contributed by atoms with van der Waals surface area (Å²) in [5, 5.41) is 2.62. The molecule has 2 heterocycles. The number of sulfone groups is 1. The van der Waals surface area contributed by atoms with Crippen LogP contribution in [0.3, 0.4) is 0 Å². The van der Waals surface area contributed by atoms with Gasteiger partial charge >= 0.3 is 5.97 Å². The molecule has 3 rings (SSSR count). The lowest BCUT2D eigenvalue weighted by molar-refractivity contribution is -0.124. The monoisotopic (exact) mass is 413 g/mol. The lowest BCUT2D eigenvalue weighted by Gasteiger charge is -2.33. The Bertz CT molecular complexity index is 835. The molecule has 1 aliphatic heterocycles. The highest BCUT2D eigenvalue weighted by Gasteiger charge is 2.31. The molecular weight excluding hydrogens is 386 g/mol. The summed E-state index contributed by atoms with van der Waals surface area (Å²) in [4.78, 5) is 26.0. The third-order valence-electron chi connectivity index (χ3n) is 5.44. The molecule has 1 amide bonds. The number of hydrogen-bond donors (Lipinski definition) is 1. The van der Waals surface area contributed by atoms with Gasteiger partial charge in [-0.05, 0) is 48.6 Å². The van der Waals surface area contributed by atoms with Crippen LogP contribution in [0.4, 0.5) is 0 Å². The van der Waals surface area contributed by atoms with E-state index in [0.717, 1.165) is 19.3 Å². The SMILES string of the molecule is CC(C)(C)[C@H]1CCc2sc(C(=O)OCC(=O)N[C@@H]3CCS(=O)(=O)C3)cc2C1. The fourth-order valence-electron chi connectivity index (χ4n) is 3.74. The lowest BCUT2D eigenvalue weighted by atomic mass is 9.72. The predicted molar refractivity (Wildman–Crippen MR) is 105 cm³/mol. The number of ether oxygens (including phenoxy) is 1. The Morgan fingerprint density at radius 3 is 2.67 bits per heavy atom. The van der Waals surface area contributed by atoms with Gasteiger partial charge in [-0.1, -0.05) is 20.8 Å². The summed E-state index contributed by atoms with van der Waals surface area (Å²) in [7, 11) is -3.05. The molecule has 0 spiro atoms. The molecule has 8 heteroatoms. The molecule has 0 radical (unpaired) electrons. The van der Waals surface area contributed by atoms with Gasteiger partial charge in [-0.25, -0.2) is 13.2 Å². The van der Waals surface area contributed by atoms with Crippen LogP contribution in [0.1, 0.15) is 53.7 Å². The zero-order valence-corrected chi connectivity index (χ0v) is 17.7. The van der Waals surface area contributed by atoms with E-state index in [1.807, 2.05) is 6.07 Å². The van der Waals surface area contributed by atoms with Gasteiger partial charge in [0.05, 0.1) is 11.5 Å². The van der Waals surface area contributed by atoms with Gasteiger partial charge in [0.1, 0.15) is 4.88 Å². The molecule has 0 aromatic carbocycles. The molecule has 6 nitrogen and oxygen atoms in total. The Kier molecular flexibility index (Phi) is 5.68. The maximum absolute atomic E-state index is 12.3. The molecule has 1 aliphatic carbocycles. The van der Waals surface area contributed by atoms with E-state index < -0.39 is 21.7 Å². The normalized spacial score (nSPS) is 24.3. The van der Waals surface area contributed by atoms with E-state index in [2.05, 4.69) is 26.1 Å². The number of carbonyl (C=O) groups excluding carboxylic acids is 2. The summed E-state index contributed by atoms with van der Waals surface area (Å²) in [6, 6.07) is 1.52. The number of aryl methyl sites for hydroxylation is 1. The van der Waals surface area contributed by atoms with Crippen LogP contribution in [0.5, 0.6) is 0 Å². The second-order valence-electron chi connectivity index (χ2n) is 8.61. The summed E-state index contributed by atoms with van der Waals surface area (Å²) >= 11 is 1.45. The lowest BCUT2D eigenvalue weighted by Crippen LogP contribution is -2.38. The number of nitrogens with one attached hydrogen (secondary N) is 1. The molecule has 1 aromatic rings. The minimum atomic E-state index is -3.05. The van der Waals surface area contributed by atoms with Gasteiger partial charge in [-0.2, -0.15) is 0 Å². The average molecular weight is 414 g/mol. The van der Waals surface area contributed by atoms with Gasteiger partial charge in [-0.15, -0.1) is 11.3 Å². The third kappa shape index (κ3) is 5.10. The summed E-state index contributed by atoms with van der Waals surface area (Å²) in [5.74, 6) is -0.305. The molecule has 0 unspecified atom stereocenters. The molecule has 1 saturated heterocycles. The minimum absolute atomic E-state index is 0.0424. The first kappa shape index (κ1) is 20.3. The van der Waals surface area contributed by atoms with Crippen LogP contribution in [0.15, 0.2) is 6.07 Å². The molecule has 27 heavy (non-hydrogen) atoms. The summed E-state index contributed by atoms with van der Waals surface area (Å²) in [5.41, 5.74) is 1.46. The van der Waals surface area contributed by atoms with Crippen molar-refractivity contribution in [3.8, 4) is 0 Å². The van der Waals surface area contributed by atoms with Crippen molar-refractivity contribution in [2.45, 2.75) is 52.5 Å². The number of carbonyl (C=O) groups is 2. The Hall–Kier alpha value is -1.41. The molecule has 0 saturated carbocycles. The highest BCUT2D eigenvalue weighted by atomic mass is 32.2. The molecule has 150 valence electrons. The number of hydrogen-bond acceptors (Lipinski definition) is 6. The quantitative estimate of drug-likeness (QED) is 0.766. The Labute approximate surface area is 164 Å². The zero-order chi connectivity index (χ0) is 19.8. The van der Waals surface area contributed by atoms with Crippen molar-refractivity contribution in [3.63, 3.8) is 0 Å². The van der Waals surface area contributed by atoms with Crippen molar-refractivity contribution < 1.29 is 22.7 Å². The Balaban J connectivity index is 1.52. The number of amides is 1. The van der Waals surface area contributed by atoms with E-state index in [9.17, 15) is 18.0 Å². The zero-order valence-electron chi connectivity index (χ0n) is 16.0. The first-order valence-corrected chi connectivity index (χ1v) is 12.0. The van der Waals surface area contributed by atoms with E-state index in [-0.39, 0.29) is 29.6 Å². The highest BCUT2D eigenvalue weighted by Crippen LogP contribution is 2.40. The maximum Gasteiger partial charge on any atom is 0.348 e. The van der Waals surface area contributed by atoms with E-state index in [1.54, 1.807) is 0 Å². The molecular formula is C19H27NO5S2. The fourth-order valence-corrected chi connectivity index (χ4v) is 6.52. The summed E-state index contributed by atoms with van der Waals surface area (Å²) in [6.07, 6.45) is 3.48. The molecule has 2 aliphatic rings. The average Bonchev–Trinajstić information content (AvgIpc) is 3.13. The Morgan fingerprint density at radius 2 is 2.04 bits per heavy atom. The van der Waals surface area contributed by atoms with Crippen molar-refractivity contribution in [1.82, 2.24) is 5.32 Å². The second kappa shape index (κ2) is 7.54. The van der Waals surface area contributed by atoms with Gasteiger partial charge in [0.2, 0.25) is 0 Å². The van der Waals surface area contributed by atoms with Crippen LogP contribution in [0.2, 0.25) is 0 Å². The van der Waals surface area contributed by atoms with E-state index in [4.69, 9.17) is 4.74 Å². The largest absolute Gasteiger partial charge is 0.451 e. The minimum Gasteiger partial charge on any atom is -0.451 e. The molecule has 1 fully saturated rings. The van der Waals surface area contributed by atoms with E-state index >= 15 is 0 Å². The predicted octanol–water partition coefficient (Wildman–Crippen LogP) is 2.36. The van der Waals surface area contributed by atoms with Crippen molar-refractivity contribution in [2.75, 3.05) is 18.1 Å². The summed E-state index contributed by atoms with van der Waals surface area (Å²) < 4.78 is 28.0. The maximum atomic E-state index is 12.3. The number of thiophene rings is 1. The van der Waals surface area contributed by atoms with Crippen molar-refractivity contribution >= 4 is 33.1 Å². The van der Waals surface area contributed by atoms with Gasteiger partial charge in [0, 0.05) is 10.9 Å². The van der Waals surface area contributed by atoms with Crippen molar-refractivity contribution in [3.05, 3.63) is 21.4 Å². The fraction of sp³-hybridized carbons (Fsp3) is 0.684. The van der Waals surface area contributed by atoms with Gasteiger partial charge in [0.15, 0.2) is 16.4 Å². The van der Waals surface area contributed by atoms with Gasteiger partial charge in [-0.3, -0.25) is 4.79 Å². The molecule has 2 atom stereocenters. The summed E-state index contributed by atoms with van der Waals surface area (Å²) in [6.45, 7) is 6.36. The van der Waals surface area contributed by atoms with Gasteiger partial charge < -0.3 is 10.1 Å². The van der Waals surface area contributed by atoms with E-state index in [1.165, 1.54) is 21.8 Å². The van der Waals surface area contributed by atoms with Crippen LogP contribution in [-0.4, -0.2) is 44.4 Å². The standard InChI is InChI=1S/C19H27NO5S2/c1-19(2,3)13-4-5-15-12(8-13)9-16(26-15)18(22)25-10-17(21)20-14-6-7-27(23,24)11-14/h9,13-14H,4-8,10-11H2,1-3H3,(H,20,21)/t13-,14+/m0/s1. The van der Waals surface area contributed by atoms with Crippen molar-refractivity contribution in [2.24, 2.45) is 11.3 Å². The highest BCUT2D eigenvalue weighted by molar-refractivity contribution is 7.91. The molecule has 1 N–H and O–H groups in total. The number of fused-ring (bicyclic) bond motifs is 1. The molecule has 1 aromatic heterocycles. The van der Waals surface area contributed by atoms with Crippen LogP contribution in [0.25, 0.3) is 0 Å². The number of esters is 1. The first-order valence-electron chi connectivity index (χ1n) is 9.32. The van der Waals surface area contributed by atoms with E-state index in [0.29, 0.717) is 17.2 Å².